The Morgan fingerprint density at radius 1 is 1.10 bits per heavy atom. The average molecular weight is 284 g/mol. The lowest BCUT2D eigenvalue weighted by Gasteiger charge is -2.08. The van der Waals surface area contributed by atoms with Crippen LogP contribution in [0.25, 0.3) is 0 Å². The van der Waals surface area contributed by atoms with Gasteiger partial charge in [-0.05, 0) is 42.3 Å². The third-order valence-electron chi connectivity index (χ3n) is 3.10. The molecule has 3 N–H and O–H groups in total. The van der Waals surface area contributed by atoms with Crippen LogP contribution in [0.1, 0.15) is 18.1 Å². The topological polar surface area (TPSA) is 61.4 Å². The summed E-state index contributed by atoms with van der Waals surface area (Å²) in [4.78, 5) is 11.5. The van der Waals surface area contributed by atoms with Crippen LogP contribution in [0.5, 0.6) is 5.75 Å². The van der Waals surface area contributed by atoms with Gasteiger partial charge in [-0.3, -0.25) is 4.79 Å². The number of rotatable bonds is 6. The van der Waals surface area contributed by atoms with Gasteiger partial charge in [0.05, 0.1) is 6.42 Å². The van der Waals surface area contributed by atoms with Gasteiger partial charge in [-0.1, -0.05) is 24.3 Å². The number of likely N-dealkylation sites (N-methyl/N-ethyl adjacent to an activating group) is 1. The molecule has 0 spiro atoms. The van der Waals surface area contributed by atoms with Gasteiger partial charge in [0.25, 0.3) is 0 Å². The maximum absolute atomic E-state index is 11.5. The van der Waals surface area contributed by atoms with Crippen LogP contribution in [0.3, 0.4) is 0 Å². The molecule has 2 aromatic carbocycles. The minimum absolute atomic E-state index is 0.0398. The largest absolute Gasteiger partial charge is 0.508 e. The van der Waals surface area contributed by atoms with E-state index in [1.54, 1.807) is 12.1 Å². The van der Waals surface area contributed by atoms with Crippen LogP contribution < -0.4 is 10.6 Å². The van der Waals surface area contributed by atoms with Crippen molar-refractivity contribution in [2.45, 2.75) is 19.9 Å². The van der Waals surface area contributed by atoms with Gasteiger partial charge >= 0.3 is 0 Å². The van der Waals surface area contributed by atoms with Gasteiger partial charge in [-0.2, -0.15) is 0 Å². The molecular formula is C17H20N2O2. The van der Waals surface area contributed by atoms with Gasteiger partial charge in [0.2, 0.25) is 5.91 Å². The second kappa shape index (κ2) is 7.33. The summed E-state index contributed by atoms with van der Waals surface area (Å²) in [6.45, 7) is 3.21. The van der Waals surface area contributed by atoms with Crippen LogP contribution in [0.2, 0.25) is 0 Å². The van der Waals surface area contributed by atoms with Gasteiger partial charge in [0.1, 0.15) is 5.75 Å². The predicted octanol–water partition coefficient (Wildman–Crippen LogP) is 2.68. The number of carbonyl (C=O) groups is 1. The Morgan fingerprint density at radius 2 is 1.86 bits per heavy atom. The Labute approximate surface area is 124 Å². The highest BCUT2D eigenvalue weighted by atomic mass is 16.3. The molecule has 0 unspecified atom stereocenters. The second-order valence-corrected chi connectivity index (χ2v) is 4.85. The van der Waals surface area contributed by atoms with Crippen LogP contribution in [0, 0.1) is 0 Å². The molecule has 1 amide bonds. The van der Waals surface area contributed by atoms with E-state index < -0.39 is 0 Å². The fourth-order valence-corrected chi connectivity index (χ4v) is 2.06. The fourth-order valence-electron chi connectivity index (χ4n) is 2.06. The summed E-state index contributed by atoms with van der Waals surface area (Å²) >= 11 is 0. The first-order valence-corrected chi connectivity index (χ1v) is 7.05. The molecule has 110 valence electrons. The zero-order valence-electron chi connectivity index (χ0n) is 12.1. The molecule has 0 aromatic heterocycles. The fraction of sp³-hybridized carbons (Fsp3) is 0.235. The van der Waals surface area contributed by atoms with E-state index in [1.807, 2.05) is 43.3 Å². The van der Waals surface area contributed by atoms with E-state index in [0.717, 1.165) is 16.8 Å². The summed E-state index contributed by atoms with van der Waals surface area (Å²) in [5, 5.41) is 15.5. The second-order valence-electron chi connectivity index (χ2n) is 4.85. The SMILES string of the molecule is CCNC(=O)Cc1ccc(NCc2cccc(O)c2)cc1. The molecule has 0 atom stereocenters. The summed E-state index contributed by atoms with van der Waals surface area (Å²) < 4.78 is 0. The molecule has 4 heteroatoms. The van der Waals surface area contributed by atoms with Gasteiger partial charge in [0.15, 0.2) is 0 Å². The molecule has 4 nitrogen and oxygen atoms in total. The van der Waals surface area contributed by atoms with Gasteiger partial charge in [-0.25, -0.2) is 0 Å². The number of benzene rings is 2. The van der Waals surface area contributed by atoms with E-state index in [2.05, 4.69) is 10.6 Å². The highest BCUT2D eigenvalue weighted by Crippen LogP contribution is 2.14. The van der Waals surface area contributed by atoms with E-state index in [9.17, 15) is 9.90 Å². The quantitative estimate of drug-likeness (QED) is 0.764. The standard InChI is InChI=1S/C17H20N2O2/c1-2-18-17(21)11-13-6-8-15(9-7-13)19-12-14-4-3-5-16(20)10-14/h3-10,19-20H,2,11-12H2,1H3,(H,18,21). The molecule has 0 fully saturated rings. The van der Waals surface area contributed by atoms with E-state index >= 15 is 0 Å². The van der Waals surface area contributed by atoms with E-state index in [-0.39, 0.29) is 11.7 Å². The van der Waals surface area contributed by atoms with Gasteiger partial charge in [-0.15, -0.1) is 0 Å². The predicted molar refractivity (Wildman–Crippen MR) is 84.3 cm³/mol. The highest BCUT2D eigenvalue weighted by molar-refractivity contribution is 5.78. The molecule has 0 saturated carbocycles. The van der Waals surface area contributed by atoms with E-state index in [4.69, 9.17) is 0 Å². The Kier molecular flexibility index (Phi) is 5.21. The maximum atomic E-state index is 11.5. The van der Waals surface area contributed by atoms with Gasteiger partial charge in [0, 0.05) is 18.8 Å². The van der Waals surface area contributed by atoms with Crippen LogP contribution >= 0.6 is 0 Å². The van der Waals surface area contributed by atoms with Crippen LogP contribution in [-0.4, -0.2) is 17.6 Å². The Hall–Kier alpha value is -2.49. The van der Waals surface area contributed by atoms with E-state index in [0.29, 0.717) is 19.5 Å². The molecule has 0 aliphatic heterocycles. The lowest BCUT2D eigenvalue weighted by Crippen LogP contribution is -2.24. The summed E-state index contributed by atoms with van der Waals surface area (Å²) in [5.41, 5.74) is 2.99. The monoisotopic (exact) mass is 284 g/mol. The molecule has 2 rings (SSSR count). The van der Waals surface area contributed by atoms with Crippen molar-refractivity contribution in [3.63, 3.8) is 0 Å². The number of amides is 1. The number of carbonyl (C=O) groups excluding carboxylic acids is 1. The van der Waals surface area contributed by atoms with Crippen molar-refractivity contribution in [1.82, 2.24) is 5.32 Å². The van der Waals surface area contributed by atoms with Crippen molar-refractivity contribution >= 4 is 11.6 Å². The smallest absolute Gasteiger partial charge is 0.224 e. The zero-order chi connectivity index (χ0) is 15.1. The Bertz CT molecular complexity index is 594. The van der Waals surface area contributed by atoms with Crippen molar-refractivity contribution in [1.29, 1.82) is 0 Å². The van der Waals surface area contributed by atoms with E-state index in [1.165, 1.54) is 0 Å². The van der Waals surface area contributed by atoms with Crippen LogP contribution in [0.15, 0.2) is 48.5 Å². The third-order valence-corrected chi connectivity index (χ3v) is 3.10. The Balaban J connectivity index is 1.89. The van der Waals surface area contributed by atoms with Crippen molar-refractivity contribution < 1.29 is 9.90 Å². The molecule has 2 aromatic rings. The average Bonchev–Trinajstić information content (AvgIpc) is 2.47. The lowest BCUT2D eigenvalue weighted by atomic mass is 10.1. The number of phenols is 1. The maximum Gasteiger partial charge on any atom is 0.224 e. The number of aromatic hydroxyl groups is 1. The third kappa shape index (κ3) is 4.84. The molecule has 0 radical (unpaired) electrons. The number of anilines is 1. The number of hydrogen-bond donors (Lipinski definition) is 3. The first-order valence-electron chi connectivity index (χ1n) is 7.05. The van der Waals surface area contributed by atoms with Crippen molar-refractivity contribution in [2.24, 2.45) is 0 Å². The summed E-state index contributed by atoms with van der Waals surface area (Å²) in [6.07, 6.45) is 0.403. The summed E-state index contributed by atoms with van der Waals surface area (Å²) in [6, 6.07) is 15.0. The van der Waals surface area contributed by atoms with Crippen LogP contribution in [0.4, 0.5) is 5.69 Å². The summed E-state index contributed by atoms with van der Waals surface area (Å²) in [5.74, 6) is 0.310. The zero-order valence-corrected chi connectivity index (χ0v) is 12.1. The molecule has 0 heterocycles. The number of hydrogen-bond acceptors (Lipinski definition) is 3. The number of nitrogens with one attached hydrogen (secondary N) is 2. The van der Waals surface area contributed by atoms with Crippen LogP contribution in [-0.2, 0) is 17.8 Å². The summed E-state index contributed by atoms with van der Waals surface area (Å²) in [7, 11) is 0. The lowest BCUT2D eigenvalue weighted by molar-refractivity contribution is -0.120. The molecule has 21 heavy (non-hydrogen) atoms. The van der Waals surface area contributed by atoms with Crippen molar-refractivity contribution in [2.75, 3.05) is 11.9 Å². The molecule has 0 aliphatic rings. The first-order chi connectivity index (χ1) is 10.2. The number of phenolic OH excluding ortho intramolecular Hbond substituents is 1. The minimum Gasteiger partial charge on any atom is -0.508 e. The first kappa shape index (κ1) is 14.9. The molecule has 0 saturated heterocycles. The minimum atomic E-state index is 0.0398. The Morgan fingerprint density at radius 3 is 2.52 bits per heavy atom. The van der Waals surface area contributed by atoms with Crippen molar-refractivity contribution in [3.05, 3.63) is 59.7 Å². The van der Waals surface area contributed by atoms with Gasteiger partial charge < -0.3 is 15.7 Å². The normalized spacial score (nSPS) is 10.1. The molecule has 0 bridgehead atoms. The highest BCUT2D eigenvalue weighted by Gasteiger charge is 2.02. The van der Waals surface area contributed by atoms with Crippen molar-refractivity contribution in [3.8, 4) is 5.75 Å². The molecule has 0 aliphatic carbocycles. The molecular weight excluding hydrogens is 264 g/mol.